The van der Waals surface area contributed by atoms with Crippen molar-refractivity contribution in [2.24, 2.45) is 0 Å². The normalized spacial score (nSPS) is 14.0. The van der Waals surface area contributed by atoms with Gasteiger partial charge in [0.15, 0.2) is 5.82 Å². The van der Waals surface area contributed by atoms with Crippen molar-refractivity contribution >= 4 is 28.4 Å². The van der Waals surface area contributed by atoms with Gasteiger partial charge in [0.2, 0.25) is 0 Å². The van der Waals surface area contributed by atoms with E-state index >= 15 is 0 Å². The quantitative estimate of drug-likeness (QED) is 0.803. The lowest BCUT2D eigenvalue weighted by Crippen LogP contribution is -2.05. The van der Waals surface area contributed by atoms with E-state index in [2.05, 4.69) is 27.6 Å². The van der Waals surface area contributed by atoms with Crippen LogP contribution in [0.3, 0.4) is 0 Å². The van der Waals surface area contributed by atoms with Gasteiger partial charge in [-0.1, -0.05) is 0 Å². The third-order valence-corrected chi connectivity index (χ3v) is 4.62. The number of rotatable bonds is 4. The molecule has 1 saturated carbocycles. The second kappa shape index (κ2) is 5.67. The van der Waals surface area contributed by atoms with E-state index < -0.39 is 0 Å². The van der Waals surface area contributed by atoms with E-state index in [0.717, 1.165) is 20.6 Å². The fourth-order valence-corrected chi connectivity index (χ4v) is 2.90. The van der Waals surface area contributed by atoms with E-state index in [1.807, 2.05) is 18.2 Å². The Bertz CT molecular complexity index is 687. The minimum absolute atomic E-state index is 0.512. The second-order valence-electron chi connectivity index (χ2n) is 4.97. The molecule has 0 atom stereocenters. The summed E-state index contributed by atoms with van der Waals surface area (Å²) in [7, 11) is 3.26. The molecule has 1 fully saturated rings. The van der Waals surface area contributed by atoms with Crippen molar-refractivity contribution in [3.05, 3.63) is 27.5 Å². The molecule has 5 nitrogen and oxygen atoms in total. The van der Waals surface area contributed by atoms with Crippen LogP contribution in [0, 0.1) is 3.57 Å². The van der Waals surface area contributed by atoms with Crippen LogP contribution in [0.2, 0.25) is 0 Å². The summed E-state index contributed by atoms with van der Waals surface area (Å²) in [5, 5.41) is 0. The highest BCUT2D eigenvalue weighted by atomic mass is 127. The number of methoxy groups -OCH3 is 2. The molecule has 0 radical (unpaired) electrons. The van der Waals surface area contributed by atoms with Crippen molar-refractivity contribution < 1.29 is 9.47 Å². The third kappa shape index (κ3) is 2.76. The van der Waals surface area contributed by atoms with Crippen molar-refractivity contribution in [2.45, 2.75) is 18.8 Å². The summed E-state index contributed by atoms with van der Waals surface area (Å²) in [6.07, 6.45) is 2.34. The van der Waals surface area contributed by atoms with Crippen LogP contribution in [0.15, 0.2) is 18.2 Å². The van der Waals surface area contributed by atoms with Crippen LogP contribution in [0.5, 0.6) is 11.5 Å². The van der Waals surface area contributed by atoms with Crippen molar-refractivity contribution in [1.82, 2.24) is 9.97 Å². The molecule has 0 aliphatic heterocycles. The maximum absolute atomic E-state index is 6.06. The Kier molecular flexibility index (Phi) is 3.88. The lowest BCUT2D eigenvalue weighted by Gasteiger charge is -2.12. The molecular weight excluding hydrogens is 381 g/mol. The average Bonchev–Trinajstić information content (AvgIpc) is 3.33. The Morgan fingerprint density at radius 2 is 1.95 bits per heavy atom. The van der Waals surface area contributed by atoms with Gasteiger partial charge in [0.25, 0.3) is 0 Å². The van der Waals surface area contributed by atoms with Crippen LogP contribution in [-0.4, -0.2) is 24.2 Å². The lowest BCUT2D eigenvalue weighted by atomic mass is 10.1. The first-order valence-corrected chi connectivity index (χ1v) is 7.77. The summed E-state index contributed by atoms with van der Waals surface area (Å²) in [6.45, 7) is 0. The number of hydrogen-bond donors (Lipinski definition) is 1. The molecule has 0 bridgehead atoms. The number of nitrogens with zero attached hydrogens (tertiary/aromatic N) is 2. The van der Waals surface area contributed by atoms with Gasteiger partial charge in [-0.25, -0.2) is 9.97 Å². The van der Waals surface area contributed by atoms with Gasteiger partial charge in [-0.05, 0) is 53.6 Å². The highest BCUT2D eigenvalue weighted by Gasteiger charge is 2.29. The zero-order valence-electron chi connectivity index (χ0n) is 11.9. The first kappa shape index (κ1) is 14.4. The zero-order chi connectivity index (χ0) is 15.0. The Balaban J connectivity index is 2.15. The van der Waals surface area contributed by atoms with Gasteiger partial charge < -0.3 is 15.2 Å². The van der Waals surface area contributed by atoms with Crippen molar-refractivity contribution in [3.8, 4) is 22.9 Å². The second-order valence-corrected chi connectivity index (χ2v) is 6.05. The molecule has 0 spiro atoms. The highest BCUT2D eigenvalue weighted by Crippen LogP contribution is 2.43. The van der Waals surface area contributed by atoms with Gasteiger partial charge in [0, 0.05) is 5.92 Å². The Morgan fingerprint density at radius 1 is 1.19 bits per heavy atom. The Morgan fingerprint density at radius 3 is 2.57 bits per heavy atom. The molecule has 1 aliphatic rings. The molecule has 3 rings (SSSR count). The number of nitrogen functional groups attached to an aromatic ring is 1. The van der Waals surface area contributed by atoms with Gasteiger partial charge in [-0.3, -0.25) is 0 Å². The molecule has 0 saturated heterocycles. The number of aromatic nitrogens is 2. The van der Waals surface area contributed by atoms with Crippen molar-refractivity contribution in [1.29, 1.82) is 0 Å². The molecule has 1 aliphatic carbocycles. The Labute approximate surface area is 137 Å². The smallest absolute Gasteiger partial charge is 0.165 e. The third-order valence-electron chi connectivity index (χ3n) is 3.51. The van der Waals surface area contributed by atoms with Crippen LogP contribution in [-0.2, 0) is 0 Å². The summed E-state index contributed by atoms with van der Waals surface area (Å²) < 4.78 is 11.6. The van der Waals surface area contributed by atoms with Gasteiger partial charge in [-0.15, -0.1) is 0 Å². The standard InChI is InChI=1S/C15H16IN3O2/c1-20-9-5-6-11(21-2)10(7-9)15-18-13(8-3-4-8)12(16)14(17)19-15/h5-8H,3-4H2,1-2H3,(H2,17,18,19). The van der Waals surface area contributed by atoms with Crippen LogP contribution in [0.25, 0.3) is 11.4 Å². The van der Waals surface area contributed by atoms with Crippen LogP contribution < -0.4 is 15.2 Å². The predicted molar refractivity (Wildman–Crippen MR) is 89.7 cm³/mol. The zero-order valence-corrected chi connectivity index (χ0v) is 14.0. The molecule has 110 valence electrons. The maximum atomic E-state index is 6.06. The first-order valence-electron chi connectivity index (χ1n) is 6.69. The summed E-state index contributed by atoms with van der Waals surface area (Å²) >= 11 is 2.22. The molecule has 1 heterocycles. The summed E-state index contributed by atoms with van der Waals surface area (Å²) in [5.41, 5.74) is 7.89. The minimum Gasteiger partial charge on any atom is -0.497 e. The van der Waals surface area contributed by atoms with E-state index in [-0.39, 0.29) is 0 Å². The number of ether oxygens (including phenoxy) is 2. The van der Waals surface area contributed by atoms with E-state index in [1.165, 1.54) is 12.8 Å². The molecular formula is C15H16IN3O2. The van der Waals surface area contributed by atoms with Gasteiger partial charge in [-0.2, -0.15) is 0 Å². The van der Waals surface area contributed by atoms with Gasteiger partial charge >= 0.3 is 0 Å². The van der Waals surface area contributed by atoms with Crippen molar-refractivity contribution in [3.63, 3.8) is 0 Å². The molecule has 0 amide bonds. The SMILES string of the molecule is COc1ccc(OC)c(-c2nc(N)c(I)c(C3CC3)n2)c1. The molecule has 21 heavy (non-hydrogen) atoms. The number of hydrogen-bond acceptors (Lipinski definition) is 5. The van der Waals surface area contributed by atoms with Crippen LogP contribution in [0.4, 0.5) is 5.82 Å². The molecule has 1 aromatic carbocycles. The number of nitrogens with two attached hydrogens (primary N) is 1. The Hall–Kier alpha value is -1.57. The number of anilines is 1. The van der Waals surface area contributed by atoms with E-state index in [0.29, 0.717) is 23.3 Å². The average molecular weight is 397 g/mol. The van der Waals surface area contributed by atoms with Gasteiger partial charge in [0.1, 0.15) is 17.3 Å². The predicted octanol–water partition coefficient (Wildman–Crippen LogP) is 3.23. The van der Waals surface area contributed by atoms with Crippen LogP contribution in [0.1, 0.15) is 24.5 Å². The minimum atomic E-state index is 0.512. The molecule has 6 heteroatoms. The first-order chi connectivity index (χ1) is 10.1. The van der Waals surface area contributed by atoms with E-state index in [9.17, 15) is 0 Å². The molecule has 0 unspecified atom stereocenters. The lowest BCUT2D eigenvalue weighted by molar-refractivity contribution is 0.404. The monoisotopic (exact) mass is 397 g/mol. The highest BCUT2D eigenvalue weighted by molar-refractivity contribution is 14.1. The largest absolute Gasteiger partial charge is 0.497 e. The van der Waals surface area contributed by atoms with E-state index in [1.54, 1.807) is 14.2 Å². The van der Waals surface area contributed by atoms with Gasteiger partial charge in [0.05, 0.1) is 29.0 Å². The molecule has 2 aromatic rings. The number of benzene rings is 1. The topological polar surface area (TPSA) is 70.3 Å². The molecule has 2 N–H and O–H groups in total. The van der Waals surface area contributed by atoms with Crippen molar-refractivity contribution in [2.75, 3.05) is 20.0 Å². The summed E-state index contributed by atoms with van der Waals surface area (Å²) in [4.78, 5) is 9.14. The fraction of sp³-hybridized carbons (Fsp3) is 0.333. The summed E-state index contributed by atoms with van der Waals surface area (Å²) in [5.74, 6) is 3.06. The number of halogens is 1. The van der Waals surface area contributed by atoms with E-state index in [4.69, 9.17) is 20.2 Å². The van der Waals surface area contributed by atoms with Crippen LogP contribution >= 0.6 is 22.6 Å². The fourth-order valence-electron chi connectivity index (χ4n) is 2.22. The molecule has 1 aromatic heterocycles. The summed E-state index contributed by atoms with van der Waals surface area (Å²) in [6, 6.07) is 5.57. The maximum Gasteiger partial charge on any atom is 0.165 e.